The van der Waals surface area contributed by atoms with Crippen LogP contribution < -0.4 is 0 Å². The van der Waals surface area contributed by atoms with Crippen LogP contribution in [0.4, 0.5) is 4.39 Å². The maximum absolute atomic E-state index is 13.1. The zero-order valence-electron chi connectivity index (χ0n) is 12.8. The van der Waals surface area contributed by atoms with Crippen molar-refractivity contribution in [2.45, 2.75) is 6.42 Å². The normalized spacial score (nSPS) is 18.0. The van der Waals surface area contributed by atoms with Gasteiger partial charge < -0.3 is 10.0 Å². The highest BCUT2D eigenvalue weighted by molar-refractivity contribution is 7.11. The number of nitrogens with zero attached hydrogens (tertiary/aromatic N) is 1. The molecule has 24 heavy (non-hydrogen) atoms. The molecule has 0 bridgehead atoms. The molecule has 1 fully saturated rings. The number of rotatable bonds is 4. The fourth-order valence-electron chi connectivity index (χ4n) is 2.71. The van der Waals surface area contributed by atoms with E-state index >= 15 is 0 Å². The third-order valence-electron chi connectivity index (χ3n) is 4.02. The zero-order chi connectivity index (χ0) is 17.1. The molecular weight excluding hydrogens is 329 g/mol. The van der Waals surface area contributed by atoms with E-state index < -0.39 is 11.9 Å². The van der Waals surface area contributed by atoms with E-state index in [1.807, 2.05) is 17.5 Å². The molecule has 1 unspecified atom stereocenters. The van der Waals surface area contributed by atoms with Crippen LogP contribution in [0.2, 0.25) is 0 Å². The average molecular weight is 345 g/mol. The van der Waals surface area contributed by atoms with Crippen LogP contribution in [-0.2, 0) is 9.59 Å². The molecule has 0 radical (unpaired) electrons. The molecule has 1 aliphatic heterocycles. The van der Waals surface area contributed by atoms with Crippen molar-refractivity contribution in [2.75, 3.05) is 13.1 Å². The second kappa shape index (κ2) is 6.97. The number of halogens is 1. The molecule has 1 saturated heterocycles. The standard InChI is InChI=1S/C18H16FNO3S/c19-14-5-3-12(4-6-14)10-15(16-2-1-9-24-16)17(21)20-8-7-13(11-20)18(22)23/h1-6,9-10,13H,7-8,11H2,(H,22,23). The summed E-state index contributed by atoms with van der Waals surface area (Å²) in [5.74, 6) is -1.90. The number of likely N-dealkylation sites (tertiary alicyclic amines) is 1. The molecule has 0 saturated carbocycles. The fourth-order valence-corrected chi connectivity index (χ4v) is 3.45. The van der Waals surface area contributed by atoms with Crippen molar-refractivity contribution >= 4 is 34.9 Å². The summed E-state index contributed by atoms with van der Waals surface area (Å²) in [4.78, 5) is 26.4. The van der Waals surface area contributed by atoms with E-state index in [9.17, 15) is 14.0 Å². The van der Waals surface area contributed by atoms with Crippen molar-refractivity contribution < 1.29 is 19.1 Å². The Hall–Kier alpha value is -2.47. The molecule has 1 aromatic carbocycles. The number of carboxylic acids is 1. The predicted molar refractivity (Wildman–Crippen MR) is 90.9 cm³/mol. The van der Waals surface area contributed by atoms with Gasteiger partial charge in [0.25, 0.3) is 5.91 Å². The fraction of sp³-hybridized carbons (Fsp3) is 0.222. The highest BCUT2D eigenvalue weighted by atomic mass is 32.1. The number of benzene rings is 1. The van der Waals surface area contributed by atoms with Gasteiger partial charge in [0.1, 0.15) is 5.82 Å². The van der Waals surface area contributed by atoms with Gasteiger partial charge in [-0.1, -0.05) is 18.2 Å². The highest BCUT2D eigenvalue weighted by Gasteiger charge is 2.32. The maximum Gasteiger partial charge on any atom is 0.308 e. The Balaban J connectivity index is 1.90. The number of carbonyl (C=O) groups excluding carboxylic acids is 1. The molecule has 1 aromatic heterocycles. The summed E-state index contributed by atoms with van der Waals surface area (Å²) in [6, 6.07) is 9.62. The minimum Gasteiger partial charge on any atom is -0.481 e. The lowest BCUT2D eigenvalue weighted by Crippen LogP contribution is -2.30. The van der Waals surface area contributed by atoms with Crippen LogP contribution >= 0.6 is 11.3 Å². The van der Waals surface area contributed by atoms with Crippen LogP contribution in [0.3, 0.4) is 0 Å². The first kappa shape index (κ1) is 16.4. The quantitative estimate of drug-likeness (QED) is 0.865. The van der Waals surface area contributed by atoms with E-state index in [4.69, 9.17) is 5.11 Å². The molecule has 2 heterocycles. The minimum atomic E-state index is -0.870. The predicted octanol–water partition coefficient (Wildman–Crippen LogP) is 3.36. The first-order chi connectivity index (χ1) is 11.5. The monoisotopic (exact) mass is 345 g/mol. The summed E-state index contributed by atoms with van der Waals surface area (Å²) in [5.41, 5.74) is 1.23. The lowest BCUT2D eigenvalue weighted by atomic mass is 10.1. The highest BCUT2D eigenvalue weighted by Crippen LogP contribution is 2.28. The van der Waals surface area contributed by atoms with Crippen molar-refractivity contribution in [1.82, 2.24) is 4.90 Å². The largest absolute Gasteiger partial charge is 0.481 e. The van der Waals surface area contributed by atoms with E-state index in [2.05, 4.69) is 0 Å². The summed E-state index contributed by atoms with van der Waals surface area (Å²) in [6.45, 7) is 0.655. The second-order valence-corrected chi connectivity index (χ2v) is 6.61. The second-order valence-electron chi connectivity index (χ2n) is 5.66. The number of carbonyl (C=O) groups is 2. The van der Waals surface area contributed by atoms with Gasteiger partial charge in [-0.3, -0.25) is 9.59 Å². The van der Waals surface area contributed by atoms with Gasteiger partial charge in [-0.25, -0.2) is 4.39 Å². The molecule has 3 rings (SSSR count). The smallest absolute Gasteiger partial charge is 0.308 e. The molecule has 0 aliphatic carbocycles. The topological polar surface area (TPSA) is 57.6 Å². The van der Waals surface area contributed by atoms with Gasteiger partial charge in [-0.2, -0.15) is 0 Å². The molecule has 4 nitrogen and oxygen atoms in total. The Bertz CT molecular complexity index is 768. The Labute approximate surface area is 142 Å². The third-order valence-corrected chi connectivity index (χ3v) is 4.93. The van der Waals surface area contributed by atoms with E-state index in [0.29, 0.717) is 18.5 Å². The molecule has 0 spiro atoms. The zero-order valence-corrected chi connectivity index (χ0v) is 13.6. The van der Waals surface area contributed by atoms with Crippen LogP contribution in [0, 0.1) is 11.7 Å². The number of carboxylic acid groups (broad SMARTS) is 1. The lowest BCUT2D eigenvalue weighted by molar-refractivity contribution is -0.141. The Morgan fingerprint density at radius 1 is 1.25 bits per heavy atom. The average Bonchev–Trinajstić information content (AvgIpc) is 3.25. The van der Waals surface area contributed by atoms with E-state index in [0.717, 1.165) is 10.4 Å². The SMILES string of the molecule is O=C(O)C1CCN(C(=O)C(=Cc2ccc(F)cc2)c2cccs2)C1. The molecule has 1 N–H and O–H groups in total. The first-order valence-corrected chi connectivity index (χ1v) is 8.46. The Morgan fingerprint density at radius 2 is 2.00 bits per heavy atom. The number of hydrogen-bond acceptors (Lipinski definition) is 3. The maximum atomic E-state index is 13.1. The molecule has 2 aromatic rings. The number of aliphatic carboxylic acids is 1. The summed E-state index contributed by atoms with van der Waals surface area (Å²) < 4.78 is 13.1. The van der Waals surface area contributed by atoms with Crippen molar-refractivity contribution in [1.29, 1.82) is 0 Å². The van der Waals surface area contributed by atoms with Gasteiger partial charge in [0, 0.05) is 18.0 Å². The molecule has 1 aliphatic rings. The van der Waals surface area contributed by atoms with Gasteiger partial charge >= 0.3 is 5.97 Å². The van der Waals surface area contributed by atoms with Gasteiger partial charge in [0.2, 0.25) is 0 Å². The van der Waals surface area contributed by atoms with Crippen molar-refractivity contribution in [3.63, 3.8) is 0 Å². The molecule has 124 valence electrons. The van der Waals surface area contributed by atoms with Crippen LogP contribution in [0.25, 0.3) is 11.6 Å². The van der Waals surface area contributed by atoms with E-state index in [1.165, 1.54) is 23.5 Å². The van der Waals surface area contributed by atoms with Crippen LogP contribution in [0.1, 0.15) is 16.9 Å². The Morgan fingerprint density at radius 3 is 2.58 bits per heavy atom. The van der Waals surface area contributed by atoms with Gasteiger partial charge in [0.05, 0.1) is 11.5 Å². The van der Waals surface area contributed by atoms with Crippen LogP contribution in [0.5, 0.6) is 0 Å². The minimum absolute atomic E-state index is 0.189. The first-order valence-electron chi connectivity index (χ1n) is 7.58. The molecule has 1 amide bonds. The third kappa shape index (κ3) is 3.54. The van der Waals surface area contributed by atoms with Gasteiger partial charge in [0.15, 0.2) is 0 Å². The van der Waals surface area contributed by atoms with Gasteiger partial charge in [-0.15, -0.1) is 11.3 Å². The summed E-state index contributed by atoms with van der Waals surface area (Å²) in [6.07, 6.45) is 2.19. The van der Waals surface area contributed by atoms with Gasteiger partial charge in [-0.05, 0) is 41.6 Å². The summed E-state index contributed by atoms with van der Waals surface area (Å²) in [5, 5.41) is 11.0. The summed E-state index contributed by atoms with van der Waals surface area (Å²) >= 11 is 1.44. The summed E-state index contributed by atoms with van der Waals surface area (Å²) in [7, 11) is 0. The van der Waals surface area contributed by atoms with Crippen molar-refractivity contribution in [2.24, 2.45) is 5.92 Å². The van der Waals surface area contributed by atoms with Crippen LogP contribution in [-0.4, -0.2) is 35.0 Å². The van der Waals surface area contributed by atoms with E-state index in [1.54, 1.807) is 23.1 Å². The molecule has 1 atom stereocenters. The molecule has 6 heteroatoms. The number of amides is 1. The number of hydrogen-bond donors (Lipinski definition) is 1. The van der Waals surface area contributed by atoms with Crippen molar-refractivity contribution in [3.8, 4) is 0 Å². The lowest BCUT2D eigenvalue weighted by Gasteiger charge is -2.17. The Kier molecular flexibility index (Phi) is 4.76. The molecular formula is C18H16FNO3S. The van der Waals surface area contributed by atoms with E-state index in [-0.39, 0.29) is 18.3 Å². The van der Waals surface area contributed by atoms with Crippen molar-refractivity contribution in [3.05, 3.63) is 58.0 Å². The van der Waals surface area contributed by atoms with Crippen LogP contribution in [0.15, 0.2) is 41.8 Å². The number of thiophene rings is 1.